The number of aromatic nitrogens is 1. The standard InChI is InChI=1S/C13H22N6/c1-10-15-12(18(2)3)17-13(16-10)19(4)9-7-11-6-5-8-14-11/h5-6,8,10,14H,7,9H2,1-4H3,(H,15,16,17). The molecule has 2 N–H and O–H groups in total. The normalized spacial score (nSPS) is 18.4. The second kappa shape index (κ2) is 5.77. The lowest BCUT2D eigenvalue weighted by Crippen LogP contribution is -2.50. The van der Waals surface area contributed by atoms with Gasteiger partial charge in [0.25, 0.3) is 0 Å². The second-order valence-electron chi connectivity index (χ2n) is 4.92. The first-order chi connectivity index (χ1) is 9.06. The van der Waals surface area contributed by atoms with Gasteiger partial charge < -0.3 is 14.8 Å². The summed E-state index contributed by atoms with van der Waals surface area (Å²) >= 11 is 0. The quantitative estimate of drug-likeness (QED) is 0.843. The van der Waals surface area contributed by atoms with Gasteiger partial charge in [-0.2, -0.15) is 0 Å². The number of hydrogen-bond acceptors (Lipinski definition) is 5. The van der Waals surface area contributed by atoms with E-state index in [9.17, 15) is 0 Å². The maximum atomic E-state index is 4.52. The van der Waals surface area contributed by atoms with Crippen LogP contribution < -0.4 is 5.32 Å². The summed E-state index contributed by atoms with van der Waals surface area (Å²) in [5.41, 5.74) is 1.23. The van der Waals surface area contributed by atoms with Crippen molar-refractivity contribution in [1.29, 1.82) is 0 Å². The molecule has 19 heavy (non-hydrogen) atoms. The van der Waals surface area contributed by atoms with E-state index in [0.29, 0.717) is 0 Å². The van der Waals surface area contributed by atoms with Crippen molar-refractivity contribution in [2.75, 3.05) is 27.7 Å². The molecule has 0 spiro atoms. The van der Waals surface area contributed by atoms with E-state index in [-0.39, 0.29) is 6.17 Å². The predicted octanol–water partition coefficient (Wildman–Crippen LogP) is 0.712. The second-order valence-corrected chi connectivity index (χ2v) is 4.92. The third-order valence-corrected chi connectivity index (χ3v) is 3.01. The first kappa shape index (κ1) is 13.5. The van der Waals surface area contributed by atoms with Gasteiger partial charge in [0.1, 0.15) is 6.17 Å². The maximum Gasteiger partial charge on any atom is 0.202 e. The minimum absolute atomic E-state index is 0.0402. The van der Waals surface area contributed by atoms with Gasteiger partial charge in [0.2, 0.25) is 11.9 Å². The molecule has 1 aliphatic rings. The smallest absolute Gasteiger partial charge is 0.202 e. The van der Waals surface area contributed by atoms with Crippen molar-refractivity contribution in [1.82, 2.24) is 20.1 Å². The van der Waals surface area contributed by atoms with Crippen LogP contribution in [0.1, 0.15) is 12.6 Å². The zero-order valence-corrected chi connectivity index (χ0v) is 12.0. The van der Waals surface area contributed by atoms with E-state index in [1.54, 1.807) is 0 Å². The molecule has 1 aromatic rings. The largest absolute Gasteiger partial charge is 0.365 e. The molecule has 104 valence electrons. The molecule has 6 nitrogen and oxygen atoms in total. The average molecular weight is 262 g/mol. The average Bonchev–Trinajstić information content (AvgIpc) is 2.88. The molecule has 0 aliphatic carbocycles. The lowest BCUT2D eigenvalue weighted by atomic mass is 10.3. The van der Waals surface area contributed by atoms with Crippen LogP contribution in [0.2, 0.25) is 0 Å². The summed E-state index contributed by atoms with van der Waals surface area (Å²) in [6.07, 6.45) is 2.87. The molecule has 2 rings (SSSR count). The molecule has 0 fully saturated rings. The van der Waals surface area contributed by atoms with Crippen LogP contribution in [-0.4, -0.2) is 60.6 Å². The highest BCUT2D eigenvalue weighted by Gasteiger charge is 2.17. The first-order valence-corrected chi connectivity index (χ1v) is 6.49. The van der Waals surface area contributed by atoms with Gasteiger partial charge in [0.15, 0.2) is 0 Å². The molecular formula is C13H22N6. The van der Waals surface area contributed by atoms with Crippen molar-refractivity contribution >= 4 is 11.9 Å². The fourth-order valence-electron chi connectivity index (χ4n) is 1.89. The fraction of sp³-hybridized carbons (Fsp3) is 0.538. The van der Waals surface area contributed by atoms with Crippen molar-refractivity contribution in [3.05, 3.63) is 24.0 Å². The number of aliphatic imine (C=N–C) groups is 2. The van der Waals surface area contributed by atoms with Gasteiger partial charge in [-0.15, -0.1) is 0 Å². The number of likely N-dealkylation sites (N-methyl/N-ethyl adjacent to an activating group) is 1. The molecular weight excluding hydrogens is 240 g/mol. The number of rotatable bonds is 3. The van der Waals surface area contributed by atoms with Gasteiger partial charge in [-0.05, 0) is 19.1 Å². The van der Waals surface area contributed by atoms with Crippen LogP contribution in [0.25, 0.3) is 0 Å². The highest BCUT2D eigenvalue weighted by Crippen LogP contribution is 2.04. The summed E-state index contributed by atoms with van der Waals surface area (Å²) in [5.74, 6) is 1.72. The molecule has 0 saturated heterocycles. The molecule has 0 bridgehead atoms. The Morgan fingerprint density at radius 1 is 1.21 bits per heavy atom. The number of aromatic amines is 1. The molecule has 0 saturated carbocycles. The molecule has 6 heteroatoms. The van der Waals surface area contributed by atoms with Crippen LogP contribution in [0.5, 0.6) is 0 Å². The number of nitrogens with one attached hydrogen (secondary N) is 2. The Bertz CT molecular complexity index is 459. The summed E-state index contributed by atoms with van der Waals surface area (Å²) in [7, 11) is 5.99. The SMILES string of the molecule is CC1N=C(N(C)C)NC(N(C)CCc2ccc[nH]2)=N1. The lowest BCUT2D eigenvalue weighted by Gasteiger charge is -2.29. The highest BCUT2D eigenvalue weighted by molar-refractivity contribution is 5.99. The molecule has 1 aliphatic heterocycles. The molecule has 0 aromatic carbocycles. The number of H-pyrrole nitrogens is 1. The number of nitrogens with zero attached hydrogens (tertiary/aromatic N) is 4. The van der Waals surface area contributed by atoms with E-state index in [0.717, 1.165) is 24.9 Å². The van der Waals surface area contributed by atoms with E-state index in [2.05, 4.69) is 31.3 Å². The first-order valence-electron chi connectivity index (χ1n) is 6.49. The van der Waals surface area contributed by atoms with Crippen molar-refractivity contribution in [3.63, 3.8) is 0 Å². The Labute approximate surface area is 114 Å². The van der Waals surface area contributed by atoms with Crippen LogP contribution in [0.4, 0.5) is 0 Å². The highest BCUT2D eigenvalue weighted by atomic mass is 15.4. The minimum atomic E-state index is -0.0402. The summed E-state index contributed by atoms with van der Waals surface area (Å²) in [4.78, 5) is 16.3. The fourth-order valence-corrected chi connectivity index (χ4v) is 1.89. The Morgan fingerprint density at radius 3 is 2.58 bits per heavy atom. The van der Waals surface area contributed by atoms with Crippen LogP contribution in [0.3, 0.4) is 0 Å². The minimum Gasteiger partial charge on any atom is -0.365 e. The van der Waals surface area contributed by atoms with E-state index in [4.69, 9.17) is 0 Å². The monoisotopic (exact) mass is 262 g/mol. The van der Waals surface area contributed by atoms with Crippen molar-refractivity contribution < 1.29 is 0 Å². The molecule has 0 amide bonds. The van der Waals surface area contributed by atoms with E-state index < -0.39 is 0 Å². The van der Waals surface area contributed by atoms with Crippen LogP contribution in [0.15, 0.2) is 28.3 Å². The van der Waals surface area contributed by atoms with Crippen LogP contribution in [-0.2, 0) is 6.42 Å². The predicted molar refractivity (Wildman–Crippen MR) is 78.3 cm³/mol. The van der Waals surface area contributed by atoms with Crippen molar-refractivity contribution in [3.8, 4) is 0 Å². The molecule has 1 atom stereocenters. The summed E-state index contributed by atoms with van der Waals surface area (Å²) in [6, 6.07) is 4.11. The molecule has 2 heterocycles. The van der Waals surface area contributed by atoms with Gasteiger partial charge in [-0.1, -0.05) is 0 Å². The van der Waals surface area contributed by atoms with E-state index >= 15 is 0 Å². The maximum absolute atomic E-state index is 4.52. The third-order valence-electron chi connectivity index (χ3n) is 3.01. The van der Waals surface area contributed by atoms with Crippen molar-refractivity contribution in [2.24, 2.45) is 9.98 Å². The van der Waals surface area contributed by atoms with Crippen LogP contribution in [0, 0.1) is 0 Å². The summed E-state index contributed by atoms with van der Waals surface area (Å²) in [5, 5.41) is 3.25. The van der Waals surface area contributed by atoms with Gasteiger partial charge in [0.05, 0.1) is 0 Å². The summed E-state index contributed by atoms with van der Waals surface area (Å²) < 4.78 is 0. The van der Waals surface area contributed by atoms with E-state index in [1.807, 2.05) is 45.2 Å². The van der Waals surface area contributed by atoms with Crippen LogP contribution >= 0.6 is 0 Å². The Hall–Kier alpha value is -1.98. The van der Waals surface area contributed by atoms with Crippen molar-refractivity contribution in [2.45, 2.75) is 19.5 Å². The zero-order chi connectivity index (χ0) is 13.8. The zero-order valence-electron chi connectivity index (χ0n) is 12.0. The Morgan fingerprint density at radius 2 is 1.95 bits per heavy atom. The van der Waals surface area contributed by atoms with Gasteiger partial charge >= 0.3 is 0 Å². The van der Waals surface area contributed by atoms with E-state index in [1.165, 1.54) is 5.69 Å². The lowest BCUT2D eigenvalue weighted by molar-refractivity contribution is 0.474. The summed E-state index contributed by atoms with van der Waals surface area (Å²) in [6.45, 7) is 2.89. The van der Waals surface area contributed by atoms with Gasteiger partial charge in [-0.3, -0.25) is 5.32 Å². The Balaban J connectivity index is 1.93. The van der Waals surface area contributed by atoms with Gasteiger partial charge in [-0.25, -0.2) is 9.98 Å². The van der Waals surface area contributed by atoms with Gasteiger partial charge in [0, 0.05) is 46.0 Å². The third kappa shape index (κ3) is 3.49. The topological polar surface area (TPSA) is 59.0 Å². The molecule has 1 unspecified atom stereocenters. The molecule has 1 aromatic heterocycles. The Kier molecular flexibility index (Phi) is 4.09. The number of hydrogen-bond donors (Lipinski definition) is 2. The number of guanidine groups is 2. The molecule has 0 radical (unpaired) electrons.